The van der Waals surface area contributed by atoms with E-state index >= 15 is 0 Å². The third-order valence-corrected chi connectivity index (χ3v) is 2.68. The number of hydrogen-bond acceptors (Lipinski definition) is 1. The van der Waals surface area contributed by atoms with Gasteiger partial charge >= 0.3 is 0 Å². The molecule has 1 nitrogen and oxygen atoms in total. The number of Topliss-reactive ketones (excluding diaryl/α,β-unsaturated/α-hetero) is 1. The molecule has 0 bridgehead atoms. The van der Waals surface area contributed by atoms with Gasteiger partial charge in [0.25, 0.3) is 0 Å². The lowest BCUT2D eigenvalue weighted by Gasteiger charge is -2.03. The van der Waals surface area contributed by atoms with Gasteiger partial charge in [-0.25, -0.2) is 0 Å². The van der Waals surface area contributed by atoms with E-state index in [1.54, 1.807) is 6.92 Å². The van der Waals surface area contributed by atoms with Gasteiger partial charge < -0.3 is 0 Å². The average Bonchev–Trinajstić information content (AvgIpc) is 2.29. The molecule has 2 aromatic carbocycles. The highest BCUT2D eigenvalue weighted by Gasteiger charge is 2.01. The molecule has 0 amide bonds. The molecule has 0 aromatic heterocycles. The molecule has 0 saturated carbocycles. The number of carbonyl (C=O) groups excluding carboxylic acids is 1. The maximum Gasteiger partial charge on any atom is 0.159 e. The van der Waals surface area contributed by atoms with Crippen molar-refractivity contribution in [2.75, 3.05) is 0 Å². The molecule has 0 aliphatic heterocycles. The molecule has 0 radical (unpaired) electrons. The smallest absolute Gasteiger partial charge is 0.159 e. The molecule has 0 spiro atoms. The normalized spacial score (nSPS) is 10.1. The largest absolute Gasteiger partial charge is 0.295 e. The van der Waals surface area contributed by atoms with Crippen molar-refractivity contribution < 1.29 is 4.79 Å². The van der Waals surface area contributed by atoms with Gasteiger partial charge in [0, 0.05) is 10.6 Å². The summed E-state index contributed by atoms with van der Waals surface area (Å²) in [4.78, 5) is 11.1. The van der Waals surface area contributed by atoms with Crippen LogP contribution >= 0.6 is 11.6 Å². The number of hydrogen-bond donors (Lipinski definition) is 0. The molecule has 2 heteroatoms. The summed E-state index contributed by atoms with van der Waals surface area (Å²) in [5.74, 6) is 0.0812. The Morgan fingerprint density at radius 1 is 1.00 bits per heavy atom. The van der Waals surface area contributed by atoms with Crippen LogP contribution in [-0.4, -0.2) is 5.78 Å². The van der Waals surface area contributed by atoms with Gasteiger partial charge in [0.15, 0.2) is 5.78 Å². The standard InChI is InChI=1S/C14H11ClO/c1-10(16)11-5-7-12(8-6-11)13-3-2-4-14(15)9-13/h2-9H,1H3. The molecule has 0 N–H and O–H groups in total. The molecule has 16 heavy (non-hydrogen) atoms. The summed E-state index contributed by atoms with van der Waals surface area (Å²) in [6, 6.07) is 15.2. The van der Waals surface area contributed by atoms with Crippen LogP contribution in [0.15, 0.2) is 48.5 Å². The molecular weight excluding hydrogens is 220 g/mol. The molecular formula is C14H11ClO. The fourth-order valence-corrected chi connectivity index (χ4v) is 1.76. The van der Waals surface area contributed by atoms with Gasteiger partial charge in [0.05, 0.1) is 0 Å². The summed E-state index contributed by atoms with van der Waals surface area (Å²) < 4.78 is 0. The molecule has 0 saturated heterocycles. The van der Waals surface area contributed by atoms with Crippen LogP contribution in [-0.2, 0) is 0 Å². The third kappa shape index (κ3) is 2.31. The van der Waals surface area contributed by atoms with Crippen molar-refractivity contribution in [2.45, 2.75) is 6.92 Å². The van der Waals surface area contributed by atoms with Crippen molar-refractivity contribution in [1.29, 1.82) is 0 Å². The first-order chi connectivity index (χ1) is 7.66. The maximum atomic E-state index is 11.1. The lowest BCUT2D eigenvalue weighted by atomic mass is 10.0. The van der Waals surface area contributed by atoms with Crippen molar-refractivity contribution in [3.05, 3.63) is 59.1 Å². The zero-order valence-corrected chi connectivity index (χ0v) is 9.66. The Labute approximate surface area is 99.7 Å². The van der Waals surface area contributed by atoms with E-state index in [4.69, 9.17) is 11.6 Å². The SMILES string of the molecule is CC(=O)c1ccc(-c2cccc(Cl)c2)cc1. The van der Waals surface area contributed by atoms with Crippen LogP contribution in [0.2, 0.25) is 5.02 Å². The quantitative estimate of drug-likeness (QED) is 0.707. The van der Waals surface area contributed by atoms with E-state index in [-0.39, 0.29) is 5.78 Å². The summed E-state index contributed by atoms with van der Waals surface area (Å²) in [5.41, 5.74) is 2.85. The van der Waals surface area contributed by atoms with Crippen molar-refractivity contribution >= 4 is 17.4 Å². The van der Waals surface area contributed by atoms with Gasteiger partial charge in [-0.3, -0.25) is 4.79 Å². The van der Waals surface area contributed by atoms with Gasteiger partial charge in [-0.05, 0) is 30.2 Å². The lowest BCUT2D eigenvalue weighted by Crippen LogP contribution is -1.90. The summed E-state index contributed by atoms with van der Waals surface area (Å²) in [7, 11) is 0. The first kappa shape index (κ1) is 10.9. The Balaban J connectivity index is 2.38. The van der Waals surface area contributed by atoms with Crippen LogP contribution in [0.5, 0.6) is 0 Å². The highest BCUT2D eigenvalue weighted by molar-refractivity contribution is 6.30. The van der Waals surface area contributed by atoms with Crippen molar-refractivity contribution in [1.82, 2.24) is 0 Å². The second-order valence-corrected chi connectivity index (χ2v) is 4.08. The highest BCUT2D eigenvalue weighted by Crippen LogP contribution is 2.22. The van der Waals surface area contributed by atoms with E-state index in [1.807, 2.05) is 48.5 Å². The monoisotopic (exact) mass is 230 g/mol. The molecule has 0 fully saturated rings. The van der Waals surface area contributed by atoms with Gasteiger partial charge in [0.2, 0.25) is 0 Å². The predicted octanol–water partition coefficient (Wildman–Crippen LogP) is 4.21. The average molecular weight is 231 g/mol. The minimum atomic E-state index is 0.0812. The minimum absolute atomic E-state index is 0.0812. The number of carbonyl (C=O) groups is 1. The van der Waals surface area contributed by atoms with Crippen molar-refractivity contribution in [2.24, 2.45) is 0 Å². The van der Waals surface area contributed by atoms with Crippen LogP contribution < -0.4 is 0 Å². The predicted molar refractivity (Wildman–Crippen MR) is 66.9 cm³/mol. The Morgan fingerprint density at radius 2 is 1.69 bits per heavy atom. The maximum absolute atomic E-state index is 11.1. The Morgan fingerprint density at radius 3 is 2.25 bits per heavy atom. The van der Waals surface area contributed by atoms with Crippen LogP contribution in [0.1, 0.15) is 17.3 Å². The molecule has 80 valence electrons. The van der Waals surface area contributed by atoms with E-state index < -0.39 is 0 Å². The van der Waals surface area contributed by atoms with E-state index in [2.05, 4.69) is 0 Å². The number of ketones is 1. The van der Waals surface area contributed by atoms with Gasteiger partial charge in [-0.1, -0.05) is 48.0 Å². The first-order valence-electron chi connectivity index (χ1n) is 5.04. The van der Waals surface area contributed by atoms with Gasteiger partial charge in [-0.15, -0.1) is 0 Å². The molecule has 0 atom stereocenters. The van der Waals surface area contributed by atoms with E-state index in [9.17, 15) is 4.79 Å². The van der Waals surface area contributed by atoms with Crippen molar-refractivity contribution in [3.63, 3.8) is 0 Å². The molecule has 2 aromatic rings. The second-order valence-electron chi connectivity index (χ2n) is 3.64. The zero-order chi connectivity index (χ0) is 11.5. The molecule has 2 rings (SSSR count). The first-order valence-corrected chi connectivity index (χ1v) is 5.41. The van der Waals surface area contributed by atoms with E-state index in [0.29, 0.717) is 5.02 Å². The molecule has 0 aliphatic rings. The molecule has 0 heterocycles. The Hall–Kier alpha value is -1.60. The number of benzene rings is 2. The van der Waals surface area contributed by atoms with E-state index in [0.717, 1.165) is 16.7 Å². The van der Waals surface area contributed by atoms with Crippen molar-refractivity contribution in [3.8, 4) is 11.1 Å². The molecule has 0 aliphatic carbocycles. The Kier molecular flexibility index (Phi) is 3.07. The van der Waals surface area contributed by atoms with Gasteiger partial charge in [-0.2, -0.15) is 0 Å². The summed E-state index contributed by atoms with van der Waals surface area (Å²) >= 11 is 5.92. The lowest BCUT2D eigenvalue weighted by molar-refractivity contribution is 0.101. The summed E-state index contributed by atoms with van der Waals surface area (Å²) in [6.45, 7) is 1.56. The van der Waals surface area contributed by atoms with E-state index in [1.165, 1.54) is 0 Å². The summed E-state index contributed by atoms with van der Waals surface area (Å²) in [5, 5.41) is 0.716. The summed E-state index contributed by atoms with van der Waals surface area (Å²) in [6.07, 6.45) is 0. The van der Waals surface area contributed by atoms with Crippen LogP contribution in [0.3, 0.4) is 0 Å². The number of halogens is 1. The van der Waals surface area contributed by atoms with Gasteiger partial charge in [0.1, 0.15) is 0 Å². The van der Waals surface area contributed by atoms with Crippen LogP contribution in [0.25, 0.3) is 11.1 Å². The topological polar surface area (TPSA) is 17.1 Å². The minimum Gasteiger partial charge on any atom is -0.295 e. The number of rotatable bonds is 2. The fraction of sp³-hybridized carbons (Fsp3) is 0.0714. The van der Waals surface area contributed by atoms with Crippen LogP contribution in [0.4, 0.5) is 0 Å². The Bertz CT molecular complexity index is 515. The van der Waals surface area contributed by atoms with Crippen LogP contribution in [0, 0.1) is 0 Å². The third-order valence-electron chi connectivity index (χ3n) is 2.45. The zero-order valence-electron chi connectivity index (χ0n) is 8.91. The second kappa shape index (κ2) is 4.50. The fourth-order valence-electron chi connectivity index (χ4n) is 1.57. The highest BCUT2D eigenvalue weighted by atomic mass is 35.5. The molecule has 0 unspecified atom stereocenters.